The van der Waals surface area contributed by atoms with Gasteiger partial charge in [0, 0.05) is 25.7 Å². The van der Waals surface area contributed by atoms with E-state index in [-0.39, 0.29) is 24.5 Å². The predicted octanol–water partition coefficient (Wildman–Crippen LogP) is 1.36. The summed E-state index contributed by atoms with van der Waals surface area (Å²) in [7, 11) is 4.17. The number of nitrogens with zero attached hydrogens (tertiary/aromatic N) is 3. The molecule has 0 spiro atoms. The second-order valence-electron chi connectivity index (χ2n) is 7.49. The molecule has 0 saturated carbocycles. The number of hydrogen-bond acceptors (Lipinski definition) is 4. The number of piperidine rings is 1. The van der Waals surface area contributed by atoms with E-state index in [2.05, 4.69) is 19.0 Å². The van der Waals surface area contributed by atoms with Gasteiger partial charge in [0.15, 0.2) is 0 Å². The Labute approximate surface area is 155 Å². The van der Waals surface area contributed by atoms with Crippen molar-refractivity contribution in [3.05, 3.63) is 35.9 Å². The highest BCUT2D eigenvalue weighted by molar-refractivity contribution is 5.89. The highest BCUT2D eigenvalue weighted by Crippen LogP contribution is 2.23. The molecule has 2 amide bonds. The van der Waals surface area contributed by atoms with Crippen molar-refractivity contribution >= 4 is 11.8 Å². The molecule has 6 heteroatoms. The molecule has 142 valence electrons. The summed E-state index contributed by atoms with van der Waals surface area (Å²) in [6.07, 6.45) is 1.64. The second kappa shape index (κ2) is 8.18. The van der Waals surface area contributed by atoms with Crippen molar-refractivity contribution in [1.29, 1.82) is 0 Å². The lowest BCUT2D eigenvalue weighted by Gasteiger charge is -2.43. The molecule has 0 aliphatic carbocycles. The Bertz CT molecular complexity index is 626. The molecule has 0 radical (unpaired) electrons. The standard InChI is InChI=1S/C20H29N3O3/c1-15-19(20(25)22-11-9-17(10-12-22)21(2)3)23(18(24)14-26-15)13-16-7-5-4-6-8-16/h4-8,15,17,19H,9-14H2,1-3H3/t15-,19+/m1/s1. The highest BCUT2D eigenvalue weighted by atomic mass is 16.5. The molecular formula is C20H29N3O3. The molecule has 1 aromatic rings. The Morgan fingerprint density at radius 2 is 1.85 bits per heavy atom. The van der Waals surface area contributed by atoms with Crippen molar-refractivity contribution < 1.29 is 14.3 Å². The van der Waals surface area contributed by atoms with Gasteiger partial charge < -0.3 is 19.4 Å². The van der Waals surface area contributed by atoms with Crippen molar-refractivity contribution in [2.24, 2.45) is 0 Å². The minimum atomic E-state index is -0.549. The third-order valence-electron chi connectivity index (χ3n) is 5.53. The lowest BCUT2D eigenvalue weighted by atomic mass is 10.0. The van der Waals surface area contributed by atoms with Gasteiger partial charge >= 0.3 is 0 Å². The van der Waals surface area contributed by atoms with Gasteiger partial charge in [-0.1, -0.05) is 30.3 Å². The number of likely N-dealkylation sites (tertiary alicyclic amines) is 1. The van der Waals surface area contributed by atoms with Crippen LogP contribution in [-0.2, 0) is 20.9 Å². The minimum absolute atomic E-state index is 0.0127. The van der Waals surface area contributed by atoms with Gasteiger partial charge in [0.05, 0.1) is 6.10 Å². The van der Waals surface area contributed by atoms with Crippen LogP contribution in [0, 0.1) is 0 Å². The van der Waals surface area contributed by atoms with Crippen LogP contribution >= 0.6 is 0 Å². The zero-order valence-electron chi connectivity index (χ0n) is 15.9. The molecule has 2 saturated heterocycles. The van der Waals surface area contributed by atoms with Gasteiger partial charge in [0.1, 0.15) is 12.6 Å². The summed E-state index contributed by atoms with van der Waals surface area (Å²) in [5.41, 5.74) is 1.03. The number of hydrogen-bond donors (Lipinski definition) is 0. The van der Waals surface area contributed by atoms with Crippen molar-refractivity contribution in [2.75, 3.05) is 33.8 Å². The molecule has 0 aromatic heterocycles. The minimum Gasteiger partial charge on any atom is -0.366 e. The normalized spacial score (nSPS) is 25.0. The molecule has 2 aliphatic heterocycles. The zero-order valence-corrected chi connectivity index (χ0v) is 15.9. The fourth-order valence-electron chi connectivity index (χ4n) is 3.88. The number of ether oxygens (including phenoxy) is 1. The first kappa shape index (κ1) is 18.9. The van der Waals surface area contributed by atoms with Gasteiger partial charge in [0.25, 0.3) is 0 Å². The third-order valence-corrected chi connectivity index (χ3v) is 5.53. The zero-order chi connectivity index (χ0) is 18.7. The molecule has 2 aliphatic rings. The Morgan fingerprint density at radius 3 is 2.46 bits per heavy atom. The first-order valence-electron chi connectivity index (χ1n) is 9.37. The lowest BCUT2D eigenvalue weighted by molar-refractivity contribution is -0.168. The molecule has 6 nitrogen and oxygen atoms in total. The third kappa shape index (κ3) is 4.07. The van der Waals surface area contributed by atoms with Gasteiger partial charge in [-0.15, -0.1) is 0 Å². The van der Waals surface area contributed by atoms with Crippen molar-refractivity contribution in [3.63, 3.8) is 0 Å². The van der Waals surface area contributed by atoms with E-state index >= 15 is 0 Å². The molecule has 26 heavy (non-hydrogen) atoms. The van der Waals surface area contributed by atoms with Crippen molar-refractivity contribution in [3.8, 4) is 0 Å². The van der Waals surface area contributed by atoms with Crippen molar-refractivity contribution in [1.82, 2.24) is 14.7 Å². The molecule has 2 heterocycles. The van der Waals surface area contributed by atoms with Crippen LogP contribution in [0.3, 0.4) is 0 Å². The molecule has 0 N–H and O–H groups in total. The van der Waals surface area contributed by atoms with Crippen LogP contribution in [0.1, 0.15) is 25.3 Å². The van der Waals surface area contributed by atoms with E-state index in [0.717, 1.165) is 31.5 Å². The highest BCUT2D eigenvalue weighted by Gasteiger charge is 2.41. The number of rotatable bonds is 4. The molecular weight excluding hydrogens is 330 g/mol. The number of benzene rings is 1. The largest absolute Gasteiger partial charge is 0.366 e. The van der Waals surface area contributed by atoms with Gasteiger partial charge in [-0.05, 0) is 39.4 Å². The number of carbonyl (C=O) groups is 2. The first-order valence-corrected chi connectivity index (χ1v) is 9.37. The van der Waals surface area contributed by atoms with Crippen LogP contribution in [0.5, 0.6) is 0 Å². The maximum Gasteiger partial charge on any atom is 0.249 e. The fourth-order valence-corrected chi connectivity index (χ4v) is 3.88. The quantitative estimate of drug-likeness (QED) is 0.814. The van der Waals surface area contributed by atoms with Gasteiger partial charge in [-0.3, -0.25) is 9.59 Å². The topological polar surface area (TPSA) is 53.1 Å². The molecule has 0 unspecified atom stereocenters. The van der Waals surface area contributed by atoms with Crippen LogP contribution in [0.2, 0.25) is 0 Å². The monoisotopic (exact) mass is 359 g/mol. The lowest BCUT2D eigenvalue weighted by Crippen LogP contribution is -2.61. The van der Waals surface area contributed by atoms with E-state index in [1.807, 2.05) is 42.2 Å². The van der Waals surface area contributed by atoms with Crippen LogP contribution in [-0.4, -0.2) is 78.5 Å². The smallest absolute Gasteiger partial charge is 0.249 e. The molecule has 0 bridgehead atoms. The Balaban J connectivity index is 1.73. The fraction of sp³-hybridized carbons (Fsp3) is 0.600. The summed E-state index contributed by atoms with van der Waals surface area (Å²) in [4.78, 5) is 31.6. The van der Waals surface area contributed by atoms with E-state index in [1.165, 1.54) is 0 Å². The molecule has 3 rings (SSSR count). The van der Waals surface area contributed by atoms with E-state index in [1.54, 1.807) is 4.90 Å². The van der Waals surface area contributed by atoms with E-state index in [4.69, 9.17) is 4.74 Å². The SMILES string of the molecule is C[C@H]1OCC(=O)N(Cc2ccccc2)[C@@H]1C(=O)N1CCC(N(C)C)CC1. The first-order chi connectivity index (χ1) is 12.5. The Kier molecular flexibility index (Phi) is 5.94. The van der Waals surface area contributed by atoms with Crippen molar-refractivity contribution in [2.45, 2.75) is 44.5 Å². The van der Waals surface area contributed by atoms with Crippen LogP contribution in [0.15, 0.2) is 30.3 Å². The number of amides is 2. The predicted molar refractivity (Wildman–Crippen MR) is 99.5 cm³/mol. The van der Waals surface area contributed by atoms with Crippen LogP contribution < -0.4 is 0 Å². The number of carbonyl (C=O) groups excluding carboxylic acids is 2. The summed E-state index contributed by atoms with van der Waals surface area (Å²) in [5.74, 6) is -0.104. The molecule has 2 atom stereocenters. The molecule has 2 fully saturated rings. The van der Waals surface area contributed by atoms with Crippen LogP contribution in [0.4, 0.5) is 0 Å². The molecule has 1 aromatic carbocycles. The van der Waals surface area contributed by atoms with Crippen LogP contribution in [0.25, 0.3) is 0 Å². The summed E-state index contributed by atoms with van der Waals surface area (Å²) >= 11 is 0. The van der Waals surface area contributed by atoms with E-state index < -0.39 is 6.04 Å². The Morgan fingerprint density at radius 1 is 1.19 bits per heavy atom. The summed E-state index contributed by atoms with van der Waals surface area (Å²) in [6, 6.07) is 9.78. The maximum atomic E-state index is 13.2. The van der Waals surface area contributed by atoms with Gasteiger partial charge in [-0.2, -0.15) is 0 Å². The van der Waals surface area contributed by atoms with E-state index in [9.17, 15) is 9.59 Å². The van der Waals surface area contributed by atoms with E-state index in [0.29, 0.717) is 12.6 Å². The van der Waals surface area contributed by atoms with Gasteiger partial charge in [0.2, 0.25) is 11.8 Å². The van der Waals surface area contributed by atoms with Gasteiger partial charge in [-0.25, -0.2) is 0 Å². The number of morpholine rings is 1. The summed E-state index contributed by atoms with van der Waals surface area (Å²) in [6.45, 7) is 3.84. The maximum absolute atomic E-state index is 13.2. The summed E-state index contributed by atoms with van der Waals surface area (Å²) in [5, 5.41) is 0. The average molecular weight is 359 g/mol. The second-order valence-corrected chi connectivity index (χ2v) is 7.49. The summed E-state index contributed by atoms with van der Waals surface area (Å²) < 4.78 is 5.60. The average Bonchev–Trinajstić information content (AvgIpc) is 2.65. The Hall–Kier alpha value is -1.92.